The van der Waals surface area contributed by atoms with Crippen molar-refractivity contribution in [1.82, 2.24) is 4.72 Å². The molecule has 1 aromatic carbocycles. The minimum atomic E-state index is -3.53. The summed E-state index contributed by atoms with van der Waals surface area (Å²) < 4.78 is 25.8. The van der Waals surface area contributed by atoms with Gasteiger partial charge >= 0.3 is 0 Å². The van der Waals surface area contributed by atoms with Crippen molar-refractivity contribution in [1.29, 1.82) is 0 Å². The Morgan fingerprint density at radius 1 is 1.43 bits per heavy atom. The number of sulfonamides is 1. The second-order valence-corrected chi connectivity index (χ2v) is 7.32. The number of rotatable bonds is 6. The highest BCUT2D eigenvalue weighted by atomic mass is 32.2. The summed E-state index contributed by atoms with van der Waals surface area (Å²) >= 11 is 0. The van der Waals surface area contributed by atoms with E-state index in [-0.39, 0.29) is 23.3 Å². The summed E-state index contributed by atoms with van der Waals surface area (Å²) in [6.45, 7) is 1.81. The maximum Gasteiger partial charge on any atom is 0.240 e. The predicted molar refractivity (Wildman–Crippen MR) is 81.4 cm³/mol. The Bertz CT molecular complexity index is 639. The van der Waals surface area contributed by atoms with Gasteiger partial charge in [0, 0.05) is 18.2 Å². The first kappa shape index (κ1) is 15.9. The number of hydrogen-bond donors (Lipinski definition) is 3. The van der Waals surface area contributed by atoms with Crippen LogP contribution in [0.4, 0.5) is 5.69 Å². The number of carbonyl (C=O) groups excluding carboxylic acids is 1. The molecule has 2 rings (SSSR count). The summed E-state index contributed by atoms with van der Waals surface area (Å²) in [6.07, 6.45) is 2.43. The fourth-order valence-corrected chi connectivity index (χ4v) is 2.88. The average Bonchev–Trinajstić information content (AvgIpc) is 3.25. The van der Waals surface area contributed by atoms with Crippen molar-refractivity contribution in [2.75, 3.05) is 12.4 Å². The van der Waals surface area contributed by atoms with Crippen LogP contribution in [0.2, 0.25) is 0 Å². The first-order chi connectivity index (χ1) is 9.83. The molecule has 0 bridgehead atoms. The molecule has 0 aliphatic heterocycles. The van der Waals surface area contributed by atoms with Gasteiger partial charge in [0.15, 0.2) is 0 Å². The van der Waals surface area contributed by atoms with Gasteiger partial charge in [0.2, 0.25) is 15.9 Å². The molecule has 0 spiro atoms. The van der Waals surface area contributed by atoms with Crippen LogP contribution in [0.15, 0.2) is 23.1 Å². The number of nitrogens with one attached hydrogen (secondary N) is 2. The van der Waals surface area contributed by atoms with Crippen molar-refractivity contribution in [3.8, 4) is 0 Å². The minimum Gasteiger partial charge on any atom is -0.327 e. The van der Waals surface area contributed by atoms with Crippen LogP contribution in [0.3, 0.4) is 0 Å². The van der Waals surface area contributed by atoms with Crippen molar-refractivity contribution in [3.05, 3.63) is 23.8 Å². The zero-order chi connectivity index (χ0) is 15.6. The van der Waals surface area contributed by atoms with Crippen LogP contribution in [-0.2, 0) is 14.8 Å². The van der Waals surface area contributed by atoms with Crippen LogP contribution in [-0.4, -0.2) is 27.4 Å². The van der Waals surface area contributed by atoms with E-state index in [2.05, 4.69) is 10.0 Å². The number of nitrogens with two attached hydrogens (primary N) is 1. The van der Waals surface area contributed by atoms with E-state index >= 15 is 0 Å². The molecule has 0 saturated heterocycles. The Balaban J connectivity index is 2.11. The summed E-state index contributed by atoms with van der Waals surface area (Å²) in [5.74, 6) is 0.268. The zero-order valence-corrected chi connectivity index (χ0v) is 13.0. The van der Waals surface area contributed by atoms with Crippen molar-refractivity contribution in [2.24, 2.45) is 11.7 Å². The third-order valence-corrected chi connectivity index (χ3v) is 5.12. The van der Waals surface area contributed by atoms with E-state index in [9.17, 15) is 13.2 Å². The molecule has 1 saturated carbocycles. The van der Waals surface area contributed by atoms with E-state index in [1.807, 2.05) is 6.92 Å². The molecule has 0 aromatic heterocycles. The molecule has 0 radical (unpaired) electrons. The van der Waals surface area contributed by atoms with Crippen LogP contribution in [0.25, 0.3) is 0 Å². The molecule has 7 heteroatoms. The SMILES string of the molecule is CNS(=O)(=O)c1ccc(C)c(NC(=O)CC(N)C2CC2)c1. The lowest BCUT2D eigenvalue weighted by Gasteiger charge is -2.13. The highest BCUT2D eigenvalue weighted by molar-refractivity contribution is 7.89. The molecule has 6 nitrogen and oxygen atoms in total. The molecule has 0 heterocycles. The number of anilines is 1. The summed E-state index contributed by atoms with van der Waals surface area (Å²) in [7, 11) is -2.18. The molecule has 1 amide bonds. The Hall–Kier alpha value is -1.44. The van der Waals surface area contributed by atoms with E-state index in [0.717, 1.165) is 18.4 Å². The van der Waals surface area contributed by atoms with E-state index in [1.165, 1.54) is 19.2 Å². The van der Waals surface area contributed by atoms with Gasteiger partial charge in [-0.3, -0.25) is 4.79 Å². The Kier molecular flexibility index (Phi) is 4.65. The van der Waals surface area contributed by atoms with Gasteiger partial charge in [0.25, 0.3) is 0 Å². The maximum atomic E-state index is 12.0. The quantitative estimate of drug-likeness (QED) is 0.728. The summed E-state index contributed by atoms with van der Waals surface area (Å²) in [5.41, 5.74) is 7.23. The molecule has 1 unspecified atom stereocenters. The van der Waals surface area contributed by atoms with Gasteiger partial charge < -0.3 is 11.1 Å². The van der Waals surface area contributed by atoms with Crippen LogP contribution in [0.5, 0.6) is 0 Å². The fraction of sp³-hybridized carbons (Fsp3) is 0.500. The maximum absolute atomic E-state index is 12.0. The van der Waals surface area contributed by atoms with Crippen molar-refractivity contribution in [3.63, 3.8) is 0 Å². The summed E-state index contributed by atoms with van der Waals surface area (Å²) in [6, 6.07) is 4.52. The number of carbonyl (C=O) groups is 1. The Morgan fingerprint density at radius 2 is 2.10 bits per heavy atom. The third-order valence-electron chi connectivity index (χ3n) is 3.71. The number of hydrogen-bond acceptors (Lipinski definition) is 4. The highest BCUT2D eigenvalue weighted by Crippen LogP contribution is 2.33. The average molecular weight is 311 g/mol. The van der Waals surface area contributed by atoms with E-state index in [4.69, 9.17) is 5.73 Å². The summed E-state index contributed by atoms with van der Waals surface area (Å²) in [5, 5.41) is 2.75. The van der Waals surface area contributed by atoms with Crippen molar-refractivity contribution < 1.29 is 13.2 Å². The lowest BCUT2D eigenvalue weighted by atomic mass is 10.1. The topological polar surface area (TPSA) is 101 Å². The second-order valence-electron chi connectivity index (χ2n) is 5.44. The van der Waals surface area contributed by atoms with Gasteiger partial charge in [-0.1, -0.05) is 6.07 Å². The molecule has 116 valence electrons. The van der Waals surface area contributed by atoms with E-state index in [0.29, 0.717) is 11.6 Å². The van der Waals surface area contributed by atoms with Gasteiger partial charge in [0.1, 0.15) is 0 Å². The lowest BCUT2D eigenvalue weighted by Crippen LogP contribution is -2.29. The fourth-order valence-electron chi connectivity index (χ4n) is 2.13. The van der Waals surface area contributed by atoms with Gasteiger partial charge in [0.05, 0.1) is 4.90 Å². The zero-order valence-electron chi connectivity index (χ0n) is 12.2. The Morgan fingerprint density at radius 3 is 2.67 bits per heavy atom. The first-order valence-electron chi connectivity index (χ1n) is 6.93. The first-order valence-corrected chi connectivity index (χ1v) is 8.41. The van der Waals surface area contributed by atoms with Crippen LogP contribution in [0.1, 0.15) is 24.8 Å². The van der Waals surface area contributed by atoms with E-state index < -0.39 is 10.0 Å². The third kappa shape index (κ3) is 4.03. The molecular weight excluding hydrogens is 290 g/mol. The molecule has 1 fully saturated rings. The predicted octanol–water partition coefficient (Wildman–Crippen LogP) is 0.969. The van der Waals surface area contributed by atoms with Crippen molar-refractivity contribution >= 4 is 21.6 Å². The van der Waals surface area contributed by atoms with Crippen molar-refractivity contribution in [2.45, 2.75) is 37.1 Å². The standard InChI is InChI=1S/C14H21N3O3S/c1-9-3-6-11(21(19,20)16-2)7-13(9)17-14(18)8-12(15)10-4-5-10/h3,6-7,10,12,16H,4-5,8,15H2,1-2H3,(H,17,18). The van der Waals surface area contributed by atoms with Crippen LogP contribution < -0.4 is 15.8 Å². The Labute approximate surface area is 125 Å². The van der Waals surface area contributed by atoms with Crippen LogP contribution in [0, 0.1) is 12.8 Å². The van der Waals surface area contributed by atoms with Crippen LogP contribution >= 0.6 is 0 Å². The molecule has 21 heavy (non-hydrogen) atoms. The minimum absolute atomic E-state index is 0.116. The largest absolute Gasteiger partial charge is 0.327 e. The molecule has 1 aliphatic rings. The molecular formula is C14H21N3O3S. The number of benzene rings is 1. The lowest BCUT2D eigenvalue weighted by molar-refractivity contribution is -0.116. The molecule has 1 atom stereocenters. The van der Waals surface area contributed by atoms with E-state index in [1.54, 1.807) is 6.07 Å². The molecule has 1 aromatic rings. The smallest absolute Gasteiger partial charge is 0.240 e. The van der Waals surface area contributed by atoms with Gasteiger partial charge in [-0.2, -0.15) is 0 Å². The summed E-state index contributed by atoms with van der Waals surface area (Å²) in [4.78, 5) is 12.1. The van der Waals surface area contributed by atoms with Gasteiger partial charge in [-0.25, -0.2) is 13.1 Å². The number of aryl methyl sites for hydroxylation is 1. The van der Waals surface area contributed by atoms with Gasteiger partial charge in [-0.15, -0.1) is 0 Å². The number of amides is 1. The highest BCUT2D eigenvalue weighted by Gasteiger charge is 2.29. The monoisotopic (exact) mass is 311 g/mol. The molecule has 1 aliphatic carbocycles. The normalized spacial score (nSPS) is 16.5. The second kappa shape index (κ2) is 6.13. The van der Waals surface area contributed by atoms with Gasteiger partial charge in [-0.05, 0) is 50.4 Å². The molecule has 4 N–H and O–H groups in total.